The fraction of sp³-hybridized carbons (Fsp3) is 0.174. The number of amides is 2. The highest BCUT2D eigenvalue weighted by atomic mass is 32.1. The molecule has 2 amide bonds. The van der Waals surface area contributed by atoms with Crippen LogP contribution in [-0.4, -0.2) is 33.2 Å². The van der Waals surface area contributed by atoms with Crippen molar-refractivity contribution in [2.45, 2.75) is 19.9 Å². The van der Waals surface area contributed by atoms with Gasteiger partial charge in [-0.3, -0.25) is 19.7 Å². The molecule has 172 valence electrons. The molecule has 1 aliphatic rings. The largest absolute Gasteiger partial charge is 0.337 e. The standard InChI is InChI=1S/C23H18N4O4S3/c1-13(28)26-11-10-15-18(12-26)34-23(21(15)22-24-16-4-2-3-5-17(16)33-22)25-19(29)8-6-14-7-9-20(32-14)27(30)31/h2-9H,10-12H2,1H3,(H,25,29). The van der Waals surface area contributed by atoms with Gasteiger partial charge < -0.3 is 10.2 Å². The quantitative estimate of drug-likeness (QED) is 0.215. The molecule has 4 heterocycles. The minimum absolute atomic E-state index is 0.0270. The van der Waals surface area contributed by atoms with E-state index in [1.165, 1.54) is 23.5 Å². The number of carbonyl (C=O) groups excluding carboxylic acids is 2. The van der Waals surface area contributed by atoms with Crippen molar-refractivity contribution in [1.29, 1.82) is 0 Å². The first-order valence-electron chi connectivity index (χ1n) is 10.4. The first kappa shape index (κ1) is 22.4. The van der Waals surface area contributed by atoms with Crippen molar-refractivity contribution in [2.24, 2.45) is 0 Å². The summed E-state index contributed by atoms with van der Waals surface area (Å²) in [6.45, 7) is 2.70. The van der Waals surface area contributed by atoms with Crippen molar-refractivity contribution in [1.82, 2.24) is 9.88 Å². The molecule has 34 heavy (non-hydrogen) atoms. The average Bonchev–Trinajstić information content (AvgIpc) is 3.53. The van der Waals surface area contributed by atoms with Crippen molar-refractivity contribution >= 4 is 72.1 Å². The number of nitrogens with zero attached hydrogens (tertiary/aromatic N) is 3. The Hall–Kier alpha value is -3.41. The predicted molar refractivity (Wildman–Crippen MR) is 136 cm³/mol. The van der Waals surface area contributed by atoms with Crippen molar-refractivity contribution in [3.05, 3.63) is 67.9 Å². The molecule has 1 aromatic carbocycles. The molecule has 0 unspecified atom stereocenters. The fourth-order valence-electron chi connectivity index (χ4n) is 3.81. The number of benzene rings is 1. The lowest BCUT2D eigenvalue weighted by Gasteiger charge is -2.25. The Kier molecular flexibility index (Phi) is 5.98. The van der Waals surface area contributed by atoms with Crippen LogP contribution >= 0.6 is 34.0 Å². The lowest BCUT2D eigenvalue weighted by Crippen LogP contribution is -2.33. The van der Waals surface area contributed by atoms with E-state index >= 15 is 0 Å². The Morgan fingerprint density at radius 1 is 1.18 bits per heavy atom. The van der Waals surface area contributed by atoms with E-state index < -0.39 is 4.92 Å². The first-order chi connectivity index (χ1) is 16.4. The topological polar surface area (TPSA) is 105 Å². The Morgan fingerprint density at radius 2 is 2.00 bits per heavy atom. The zero-order valence-corrected chi connectivity index (χ0v) is 20.4. The number of aromatic nitrogens is 1. The molecule has 0 saturated carbocycles. The number of rotatable bonds is 5. The molecule has 1 N–H and O–H groups in total. The third-order valence-electron chi connectivity index (χ3n) is 5.44. The third kappa shape index (κ3) is 4.37. The summed E-state index contributed by atoms with van der Waals surface area (Å²) >= 11 is 4.05. The SMILES string of the molecule is CC(=O)N1CCc2c(sc(NC(=O)C=Cc3ccc([N+](=O)[O-])s3)c2-c2nc3ccccc3s2)C1. The molecule has 0 spiro atoms. The van der Waals surface area contributed by atoms with Gasteiger partial charge in [-0.05, 0) is 36.3 Å². The molecule has 11 heteroatoms. The van der Waals surface area contributed by atoms with Crippen LogP contribution in [0.1, 0.15) is 22.2 Å². The van der Waals surface area contributed by atoms with Gasteiger partial charge in [0.15, 0.2) is 0 Å². The van der Waals surface area contributed by atoms with E-state index in [0.717, 1.165) is 42.6 Å². The number of fused-ring (bicyclic) bond motifs is 2. The summed E-state index contributed by atoms with van der Waals surface area (Å²) in [5.41, 5.74) is 2.94. The molecule has 0 radical (unpaired) electrons. The summed E-state index contributed by atoms with van der Waals surface area (Å²) in [6, 6.07) is 10.9. The van der Waals surface area contributed by atoms with Gasteiger partial charge in [0.2, 0.25) is 11.8 Å². The molecule has 3 aromatic heterocycles. The molecule has 8 nitrogen and oxygen atoms in total. The Bertz CT molecular complexity index is 1430. The van der Waals surface area contributed by atoms with E-state index in [1.807, 2.05) is 24.3 Å². The summed E-state index contributed by atoms with van der Waals surface area (Å²) in [6.07, 6.45) is 3.63. The van der Waals surface area contributed by atoms with E-state index in [0.29, 0.717) is 29.4 Å². The molecule has 0 bridgehead atoms. The van der Waals surface area contributed by atoms with Crippen LogP contribution in [0.5, 0.6) is 0 Å². The maximum atomic E-state index is 12.8. The Balaban J connectivity index is 1.48. The number of hydrogen-bond acceptors (Lipinski definition) is 8. The normalized spacial score (nSPS) is 13.4. The summed E-state index contributed by atoms with van der Waals surface area (Å²) in [4.78, 5) is 43.4. The van der Waals surface area contributed by atoms with Crippen molar-refractivity contribution in [2.75, 3.05) is 11.9 Å². The molecular formula is C23H18N4O4S3. The lowest BCUT2D eigenvalue weighted by molar-refractivity contribution is -0.380. The van der Waals surface area contributed by atoms with E-state index in [-0.39, 0.29) is 16.8 Å². The number of nitro groups is 1. The van der Waals surface area contributed by atoms with Crippen LogP contribution in [0.4, 0.5) is 10.0 Å². The molecule has 0 saturated heterocycles. The highest BCUT2D eigenvalue weighted by molar-refractivity contribution is 7.23. The molecule has 0 atom stereocenters. The summed E-state index contributed by atoms with van der Waals surface area (Å²) in [5.74, 6) is -0.306. The van der Waals surface area contributed by atoms with Gasteiger partial charge in [-0.25, -0.2) is 4.98 Å². The van der Waals surface area contributed by atoms with Crippen LogP contribution in [0.3, 0.4) is 0 Å². The van der Waals surface area contributed by atoms with E-state index in [2.05, 4.69) is 5.32 Å². The van der Waals surface area contributed by atoms with Crippen LogP contribution < -0.4 is 5.32 Å². The van der Waals surface area contributed by atoms with Crippen LogP contribution in [0.25, 0.3) is 26.9 Å². The van der Waals surface area contributed by atoms with Gasteiger partial charge in [0.1, 0.15) is 10.0 Å². The number of hydrogen-bond donors (Lipinski definition) is 1. The van der Waals surface area contributed by atoms with E-state index in [1.54, 1.807) is 35.3 Å². The molecule has 0 fully saturated rings. The van der Waals surface area contributed by atoms with Gasteiger partial charge in [-0.1, -0.05) is 23.5 Å². The van der Waals surface area contributed by atoms with Gasteiger partial charge >= 0.3 is 5.00 Å². The molecule has 5 rings (SSSR count). The van der Waals surface area contributed by atoms with Crippen molar-refractivity contribution in [3.8, 4) is 10.6 Å². The van der Waals surface area contributed by atoms with Crippen LogP contribution in [0.15, 0.2) is 42.5 Å². The fourth-order valence-corrected chi connectivity index (χ4v) is 6.91. The third-order valence-corrected chi connectivity index (χ3v) is 8.63. The monoisotopic (exact) mass is 510 g/mol. The zero-order chi connectivity index (χ0) is 23.8. The summed E-state index contributed by atoms with van der Waals surface area (Å²) < 4.78 is 1.06. The molecular weight excluding hydrogens is 492 g/mol. The number of thiazole rings is 1. The van der Waals surface area contributed by atoms with Crippen LogP contribution in [-0.2, 0) is 22.6 Å². The van der Waals surface area contributed by atoms with Gasteiger partial charge in [-0.15, -0.1) is 22.7 Å². The second kappa shape index (κ2) is 9.09. The maximum absolute atomic E-state index is 12.8. The second-order valence-electron chi connectivity index (χ2n) is 7.64. The Labute approximate surface area is 206 Å². The summed E-state index contributed by atoms with van der Waals surface area (Å²) in [5, 5.41) is 15.4. The first-order valence-corrected chi connectivity index (χ1v) is 12.8. The van der Waals surface area contributed by atoms with Crippen molar-refractivity contribution in [3.63, 3.8) is 0 Å². The number of thiophene rings is 2. The van der Waals surface area contributed by atoms with E-state index in [9.17, 15) is 19.7 Å². The summed E-state index contributed by atoms with van der Waals surface area (Å²) in [7, 11) is 0. The molecule has 4 aromatic rings. The van der Waals surface area contributed by atoms with Crippen molar-refractivity contribution < 1.29 is 14.5 Å². The predicted octanol–water partition coefficient (Wildman–Crippen LogP) is 5.55. The van der Waals surface area contributed by atoms with Gasteiger partial charge in [-0.2, -0.15) is 0 Å². The Morgan fingerprint density at radius 3 is 2.74 bits per heavy atom. The minimum atomic E-state index is -0.452. The highest BCUT2D eigenvalue weighted by Gasteiger charge is 2.28. The maximum Gasteiger partial charge on any atom is 0.324 e. The zero-order valence-electron chi connectivity index (χ0n) is 17.9. The number of nitrogens with one attached hydrogen (secondary N) is 1. The minimum Gasteiger partial charge on any atom is -0.337 e. The van der Waals surface area contributed by atoms with Crippen LogP contribution in [0, 0.1) is 10.1 Å². The van der Waals surface area contributed by atoms with Gasteiger partial charge in [0.05, 0.1) is 21.7 Å². The number of para-hydroxylation sites is 1. The number of anilines is 1. The van der Waals surface area contributed by atoms with Gasteiger partial charge in [0.25, 0.3) is 0 Å². The smallest absolute Gasteiger partial charge is 0.324 e. The van der Waals surface area contributed by atoms with Crippen LogP contribution in [0.2, 0.25) is 0 Å². The van der Waals surface area contributed by atoms with E-state index in [4.69, 9.17) is 4.98 Å². The highest BCUT2D eigenvalue weighted by Crippen LogP contribution is 2.45. The number of carbonyl (C=O) groups is 2. The second-order valence-corrected chi connectivity index (χ2v) is 10.9. The average molecular weight is 511 g/mol. The molecule has 1 aliphatic heterocycles. The molecule has 0 aliphatic carbocycles. The van der Waals surface area contributed by atoms with Gasteiger partial charge in [0, 0.05) is 40.9 Å². The lowest BCUT2D eigenvalue weighted by atomic mass is 10.0.